The van der Waals surface area contributed by atoms with Gasteiger partial charge in [0, 0.05) is 6.54 Å². The van der Waals surface area contributed by atoms with Crippen molar-refractivity contribution in [2.24, 2.45) is 0 Å². The van der Waals surface area contributed by atoms with Gasteiger partial charge in [-0.15, -0.1) is 11.3 Å². The molecule has 1 aliphatic rings. The number of fused-ring (bicyclic) bond motifs is 1. The maximum atomic E-state index is 12.8. The van der Waals surface area contributed by atoms with Crippen LogP contribution in [0, 0.1) is 13.8 Å². The number of rotatable bonds is 5. The zero-order valence-electron chi connectivity index (χ0n) is 15.8. The third kappa shape index (κ3) is 3.83. The molecule has 2 heterocycles. The lowest BCUT2D eigenvalue weighted by atomic mass is 10.1. The van der Waals surface area contributed by atoms with Crippen molar-refractivity contribution in [2.45, 2.75) is 39.2 Å². The van der Waals surface area contributed by atoms with Crippen molar-refractivity contribution in [1.29, 1.82) is 0 Å². The number of hydrogen-bond donors (Lipinski definition) is 0. The Labute approximate surface area is 163 Å². The van der Waals surface area contributed by atoms with Gasteiger partial charge in [0.1, 0.15) is 10.8 Å². The molecule has 0 bridgehead atoms. The molecule has 140 valence electrons. The quantitative estimate of drug-likeness (QED) is 0.622. The summed E-state index contributed by atoms with van der Waals surface area (Å²) in [6.07, 6.45) is 2.42. The maximum Gasteiger partial charge on any atom is 0.226 e. The normalized spacial score (nSPS) is 16.8. The van der Waals surface area contributed by atoms with Crippen LogP contribution in [0.3, 0.4) is 0 Å². The standard InChI is InChI=1S/C22H24N2O2S/c1-15-9-10-16(2)19(14-15)26-13-11-21(25)24-12-5-7-18(24)22-23-17-6-3-4-8-20(17)27-22/h3-4,6,8-10,14,18H,5,7,11-13H2,1-2H3/t18-/m0/s1. The van der Waals surface area contributed by atoms with Crippen molar-refractivity contribution in [1.82, 2.24) is 9.88 Å². The molecule has 0 aliphatic carbocycles. The lowest BCUT2D eigenvalue weighted by molar-refractivity contribution is -0.132. The van der Waals surface area contributed by atoms with E-state index in [-0.39, 0.29) is 11.9 Å². The first-order valence-electron chi connectivity index (χ1n) is 9.47. The molecule has 3 aromatic rings. The van der Waals surface area contributed by atoms with E-state index in [9.17, 15) is 4.79 Å². The Bertz CT molecular complexity index is 933. The van der Waals surface area contributed by atoms with E-state index in [2.05, 4.69) is 18.2 Å². The van der Waals surface area contributed by atoms with Gasteiger partial charge in [-0.1, -0.05) is 24.3 Å². The summed E-state index contributed by atoms with van der Waals surface area (Å²) in [6.45, 7) is 5.29. The average molecular weight is 381 g/mol. The number of thiazole rings is 1. The van der Waals surface area contributed by atoms with E-state index in [1.165, 1.54) is 4.70 Å². The predicted octanol–water partition coefficient (Wildman–Crippen LogP) is 5.05. The van der Waals surface area contributed by atoms with Gasteiger partial charge in [0.05, 0.1) is 29.3 Å². The number of nitrogens with zero attached hydrogens (tertiary/aromatic N) is 2. The van der Waals surface area contributed by atoms with E-state index in [1.54, 1.807) is 11.3 Å². The smallest absolute Gasteiger partial charge is 0.226 e. The van der Waals surface area contributed by atoms with Gasteiger partial charge in [0.25, 0.3) is 0 Å². The molecule has 5 heteroatoms. The largest absolute Gasteiger partial charge is 0.493 e. The van der Waals surface area contributed by atoms with E-state index in [1.807, 2.05) is 43.0 Å². The van der Waals surface area contributed by atoms with Crippen LogP contribution < -0.4 is 4.74 Å². The molecule has 1 aromatic heterocycles. The highest BCUT2D eigenvalue weighted by atomic mass is 32.1. The molecule has 0 N–H and O–H groups in total. The highest BCUT2D eigenvalue weighted by Gasteiger charge is 2.31. The number of likely N-dealkylation sites (tertiary alicyclic amines) is 1. The molecule has 0 spiro atoms. The Hall–Kier alpha value is -2.40. The minimum atomic E-state index is 0.107. The van der Waals surface area contributed by atoms with Gasteiger partial charge in [0.15, 0.2) is 0 Å². The minimum Gasteiger partial charge on any atom is -0.493 e. The topological polar surface area (TPSA) is 42.4 Å². The zero-order valence-corrected chi connectivity index (χ0v) is 16.6. The predicted molar refractivity (Wildman–Crippen MR) is 109 cm³/mol. The molecule has 4 nitrogen and oxygen atoms in total. The van der Waals surface area contributed by atoms with Crippen LogP contribution in [-0.4, -0.2) is 28.9 Å². The van der Waals surface area contributed by atoms with Gasteiger partial charge in [0.2, 0.25) is 5.91 Å². The molecule has 1 atom stereocenters. The maximum absolute atomic E-state index is 12.8. The lowest BCUT2D eigenvalue weighted by Gasteiger charge is -2.23. The minimum absolute atomic E-state index is 0.107. The van der Waals surface area contributed by atoms with Gasteiger partial charge >= 0.3 is 0 Å². The first-order valence-corrected chi connectivity index (χ1v) is 10.3. The number of aryl methyl sites for hydroxylation is 2. The molecule has 0 unspecified atom stereocenters. The Balaban J connectivity index is 1.41. The van der Waals surface area contributed by atoms with Crippen LogP contribution in [0.1, 0.15) is 41.4 Å². The van der Waals surface area contributed by atoms with E-state index in [0.717, 1.165) is 46.8 Å². The fourth-order valence-corrected chi connectivity index (χ4v) is 4.72. The number of carbonyl (C=O) groups excluding carboxylic acids is 1. The second-order valence-electron chi connectivity index (χ2n) is 7.13. The van der Waals surface area contributed by atoms with E-state index >= 15 is 0 Å². The van der Waals surface area contributed by atoms with Crippen LogP contribution in [0.2, 0.25) is 0 Å². The number of para-hydroxylation sites is 1. The summed E-state index contributed by atoms with van der Waals surface area (Å²) in [7, 11) is 0. The third-order valence-electron chi connectivity index (χ3n) is 5.09. The number of benzene rings is 2. The van der Waals surface area contributed by atoms with Crippen molar-refractivity contribution < 1.29 is 9.53 Å². The number of aromatic nitrogens is 1. The molecular weight excluding hydrogens is 356 g/mol. The molecule has 1 aliphatic heterocycles. The summed E-state index contributed by atoms with van der Waals surface area (Å²) >= 11 is 1.70. The van der Waals surface area contributed by atoms with Gasteiger partial charge in [-0.05, 0) is 56.0 Å². The van der Waals surface area contributed by atoms with Gasteiger partial charge in [-0.2, -0.15) is 0 Å². The fraction of sp³-hybridized carbons (Fsp3) is 0.364. The zero-order chi connectivity index (χ0) is 18.8. The second kappa shape index (κ2) is 7.69. The Morgan fingerprint density at radius 1 is 1.26 bits per heavy atom. The lowest BCUT2D eigenvalue weighted by Crippen LogP contribution is -2.31. The molecule has 1 amide bonds. The Morgan fingerprint density at radius 2 is 2.11 bits per heavy atom. The van der Waals surface area contributed by atoms with Crippen LogP contribution in [-0.2, 0) is 4.79 Å². The summed E-state index contributed by atoms with van der Waals surface area (Å²) in [5, 5.41) is 1.05. The van der Waals surface area contributed by atoms with Gasteiger partial charge in [-0.25, -0.2) is 4.98 Å². The summed E-state index contributed by atoms with van der Waals surface area (Å²) < 4.78 is 7.06. The van der Waals surface area contributed by atoms with Crippen LogP contribution in [0.4, 0.5) is 0 Å². The van der Waals surface area contributed by atoms with Crippen LogP contribution in [0.15, 0.2) is 42.5 Å². The first-order chi connectivity index (χ1) is 13.1. The molecule has 1 fully saturated rings. The second-order valence-corrected chi connectivity index (χ2v) is 8.19. The van der Waals surface area contributed by atoms with Gasteiger partial charge in [-0.3, -0.25) is 4.79 Å². The van der Waals surface area contributed by atoms with Gasteiger partial charge < -0.3 is 9.64 Å². The molecule has 0 saturated carbocycles. The van der Waals surface area contributed by atoms with Crippen molar-refractivity contribution in [3.63, 3.8) is 0 Å². The average Bonchev–Trinajstić information content (AvgIpc) is 3.30. The first kappa shape index (κ1) is 18.0. The van der Waals surface area contributed by atoms with Crippen molar-refractivity contribution >= 4 is 27.5 Å². The number of ether oxygens (including phenoxy) is 1. The van der Waals surface area contributed by atoms with E-state index in [0.29, 0.717) is 13.0 Å². The molecule has 27 heavy (non-hydrogen) atoms. The summed E-state index contributed by atoms with van der Waals surface area (Å²) in [6, 6.07) is 14.4. The molecule has 2 aromatic carbocycles. The Kier molecular flexibility index (Phi) is 5.12. The van der Waals surface area contributed by atoms with Crippen LogP contribution >= 0.6 is 11.3 Å². The molecule has 0 radical (unpaired) electrons. The summed E-state index contributed by atoms with van der Waals surface area (Å²) in [5.74, 6) is 1.02. The van der Waals surface area contributed by atoms with Crippen LogP contribution in [0.5, 0.6) is 5.75 Å². The number of carbonyl (C=O) groups is 1. The van der Waals surface area contributed by atoms with Crippen molar-refractivity contribution in [2.75, 3.05) is 13.2 Å². The molecule has 1 saturated heterocycles. The fourth-order valence-electron chi connectivity index (χ4n) is 3.61. The van der Waals surface area contributed by atoms with Crippen molar-refractivity contribution in [3.8, 4) is 5.75 Å². The Morgan fingerprint density at radius 3 is 2.96 bits per heavy atom. The third-order valence-corrected chi connectivity index (χ3v) is 6.22. The molecule has 4 rings (SSSR count). The highest BCUT2D eigenvalue weighted by Crippen LogP contribution is 2.36. The molecular formula is C22H24N2O2S. The van der Waals surface area contributed by atoms with Crippen LogP contribution in [0.25, 0.3) is 10.2 Å². The highest BCUT2D eigenvalue weighted by molar-refractivity contribution is 7.18. The monoisotopic (exact) mass is 380 g/mol. The van der Waals surface area contributed by atoms with E-state index < -0.39 is 0 Å². The summed E-state index contributed by atoms with van der Waals surface area (Å²) in [5.41, 5.74) is 3.29. The van der Waals surface area contributed by atoms with E-state index in [4.69, 9.17) is 9.72 Å². The number of amides is 1. The van der Waals surface area contributed by atoms with Crippen molar-refractivity contribution in [3.05, 3.63) is 58.6 Å². The number of hydrogen-bond acceptors (Lipinski definition) is 4. The summed E-state index contributed by atoms with van der Waals surface area (Å²) in [4.78, 5) is 19.6. The SMILES string of the molecule is Cc1ccc(C)c(OCCC(=O)N2CCC[C@H]2c2nc3ccccc3s2)c1.